The van der Waals surface area contributed by atoms with Crippen LogP contribution in [0.25, 0.3) is 11.5 Å². The second-order valence-corrected chi connectivity index (χ2v) is 4.06. The summed E-state index contributed by atoms with van der Waals surface area (Å²) in [7, 11) is 0. The van der Waals surface area contributed by atoms with Crippen LogP contribution in [-0.4, -0.2) is 21.3 Å². The smallest absolute Gasteiger partial charge is 0.303 e. The molecule has 0 saturated carbocycles. The molecule has 5 nitrogen and oxygen atoms in total. The van der Waals surface area contributed by atoms with E-state index in [2.05, 4.69) is 10.2 Å². The summed E-state index contributed by atoms with van der Waals surface area (Å²) in [6.07, 6.45) is 1.11. The highest BCUT2D eigenvalue weighted by molar-refractivity contribution is 5.66. The Morgan fingerprint density at radius 3 is 2.83 bits per heavy atom. The van der Waals surface area contributed by atoms with Crippen LogP contribution in [0.3, 0.4) is 0 Å². The molecule has 0 aliphatic heterocycles. The number of hydrogen-bond donors (Lipinski definition) is 1. The zero-order valence-corrected chi connectivity index (χ0v) is 10.1. The van der Waals surface area contributed by atoms with Gasteiger partial charge >= 0.3 is 5.97 Å². The standard InChI is InChI=1S/C13H14N2O3/c1-9-5-2-3-6-10(9)13-15-14-11(18-13)7-4-8-12(16)17/h2-3,5-6H,4,7-8H2,1H3,(H,16,17). The van der Waals surface area contributed by atoms with Gasteiger partial charge in [-0.2, -0.15) is 0 Å². The fourth-order valence-corrected chi connectivity index (χ4v) is 1.67. The zero-order valence-electron chi connectivity index (χ0n) is 10.1. The van der Waals surface area contributed by atoms with Crippen LogP contribution in [0, 0.1) is 6.92 Å². The predicted octanol–water partition coefficient (Wildman–Crippen LogP) is 2.45. The van der Waals surface area contributed by atoms with Gasteiger partial charge in [-0.25, -0.2) is 0 Å². The minimum absolute atomic E-state index is 0.113. The van der Waals surface area contributed by atoms with Crippen molar-refractivity contribution in [2.75, 3.05) is 0 Å². The minimum Gasteiger partial charge on any atom is -0.481 e. The second kappa shape index (κ2) is 5.44. The van der Waals surface area contributed by atoms with E-state index in [4.69, 9.17) is 9.52 Å². The molecule has 94 valence electrons. The third kappa shape index (κ3) is 2.94. The number of carbonyl (C=O) groups is 1. The summed E-state index contributed by atoms with van der Waals surface area (Å²) in [6.45, 7) is 1.98. The second-order valence-electron chi connectivity index (χ2n) is 4.06. The normalized spacial score (nSPS) is 10.5. The number of aliphatic carboxylic acids is 1. The van der Waals surface area contributed by atoms with E-state index in [-0.39, 0.29) is 6.42 Å². The van der Waals surface area contributed by atoms with Crippen LogP contribution < -0.4 is 0 Å². The molecule has 0 radical (unpaired) electrons. The molecule has 0 atom stereocenters. The first kappa shape index (κ1) is 12.3. The molecule has 1 aromatic carbocycles. The maximum absolute atomic E-state index is 10.4. The SMILES string of the molecule is Cc1ccccc1-c1nnc(CCCC(=O)O)o1. The average molecular weight is 246 g/mol. The van der Waals surface area contributed by atoms with Crippen molar-refractivity contribution in [3.05, 3.63) is 35.7 Å². The van der Waals surface area contributed by atoms with E-state index in [9.17, 15) is 4.79 Å². The van der Waals surface area contributed by atoms with Gasteiger partial charge < -0.3 is 9.52 Å². The Morgan fingerprint density at radius 1 is 1.33 bits per heavy atom. The van der Waals surface area contributed by atoms with Crippen molar-refractivity contribution in [1.82, 2.24) is 10.2 Å². The van der Waals surface area contributed by atoms with Crippen molar-refractivity contribution in [2.24, 2.45) is 0 Å². The first-order valence-corrected chi connectivity index (χ1v) is 5.77. The van der Waals surface area contributed by atoms with Gasteiger partial charge in [0.15, 0.2) is 0 Å². The monoisotopic (exact) mass is 246 g/mol. The van der Waals surface area contributed by atoms with Gasteiger partial charge in [-0.3, -0.25) is 4.79 Å². The van der Waals surface area contributed by atoms with Crippen LogP contribution in [0.5, 0.6) is 0 Å². The molecule has 5 heteroatoms. The van der Waals surface area contributed by atoms with Crippen molar-refractivity contribution in [3.8, 4) is 11.5 Å². The molecule has 0 fully saturated rings. The number of aromatic nitrogens is 2. The number of hydrogen-bond acceptors (Lipinski definition) is 4. The lowest BCUT2D eigenvalue weighted by Crippen LogP contribution is -1.95. The summed E-state index contributed by atoms with van der Waals surface area (Å²) in [5, 5.41) is 16.4. The Kier molecular flexibility index (Phi) is 3.72. The van der Waals surface area contributed by atoms with Crippen LogP contribution in [-0.2, 0) is 11.2 Å². The van der Waals surface area contributed by atoms with E-state index < -0.39 is 5.97 Å². The topological polar surface area (TPSA) is 76.2 Å². The number of rotatable bonds is 5. The van der Waals surface area contributed by atoms with Crippen LogP contribution in [0.1, 0.15) is 24.3 Å². The molecule has 0 bridgehead atoms. The third-order valence-electron chi connectivity index (χ3n) is 2.62. The van der Waals surface area contributed by atoms with Crippen molar-refractivity contribution in [1.29, 1.82) is 0 Å². The van der Waals surface area contributed by atoms with E-state index in [1.807, 2.05) is 31.2 Å². The first-order valence-electron chi connectivity index (χ1n) is 5.77. The third-order valence-corrected chi connectivity index (χ3v) is 2.62. The Hall–Kier alpha value is -2.17. The van der Waals surface area contributed by atoms with E-state index in [1.165, 1.54) is 0 Å². The highest BCUT2D eigenvalue weighted by Gasteiger charge is 2.10. The molecule has 1 aromatic heterocycles. The molecule has 0 spiro atoms. The Labute approximate surface area is 104 Å². The molecule has 0 aliphatic rings. The van der Waals surface area contributed by atoms with Gasteiger partial charge in [-0.15, -0.1) is 10.2 Å². The fraction of sp³-hybridized carbons (Fsp3) is 0.308. The zero-order chi connectivity index (χ0) is 13.0. The molecule has 0 unspecified atom stereocenters. The summed E-state index contributed by atoms with van der Waals surface area (Å²) >= 11 is 0. The molecular formula is C13H14N2O3. The Morgan fingerprint density at radius 2 is 2.11 bits per heavy atom. The lowest BCUT2D eigenvalue weighted by molar-refractivity contribution is -0.137. The number of benzene rings is 1. The summed E-state index contributed by atoms with van der Waals surface area (Å²) in [5.41, 5.74) is 1.98. The van der Waals surface area contributed by atoms with Crippen LogP contribution >= 0.6 is 0 Å². The van der Waals surface area contributed by atoms with Gasteiger partial charge in [0.2, 0.25) is 11.8 Å². The molecular weight excluding hydrogens is 232 g/mol. The number of carboxylic acids is 1. The van der Waals surface area contributed by atoms with Crippen LogP contribution in [0.4, 0.5) is 0 Å². The van der Waals surface area contributed by atoms with E-state index in [0.717, 1.165) is 11.1 Å². The van der Waals surface area contributed by atoms with Gasteiger partial charge in [0.05, 0.1) is 0 Å². The molecule has 0 aliphatic carbocycles. The van der Waals surface area contributed by atoms with Gasteiger partial charge in [0.25, 0.3) is 0 Å². The maximum Gasteiger partial charge on any atom is 0.303 e. The van der Waals surface area contributed by atoms with Gasteiger partial charge in [-0.1, -0.05) is 18.2 Å². The average Bonchev–Trinajstić information content (AvgIpc) is 2.78. The molecule has 1 N–H and O–H groups in total. The van der Waals surface area contributed by atoms with Crippen molar-refractivity contribution in [2.45, 2.75) is 26.2 Å². The highest BCUT2D eigenvalue weighted by atomic mass is 16.4. The summed E-state index contributed by atoms with van der Waals surface area (Å²) in [5.74, 6) is 0.154. The minimum atomic E-state index is -0.811. The number of aryl methyl sites for hydroxylation is 2. The van der Waals surface area contributed by atoms with Crippen LogP contribution in [0.15, 0.2) is 28.7 Å². The number of nitrogens with zero attached hydrogens (tertiary/aromatic N) is 2. The highest BCUT2D eigenvalue weighted by Crippen LogP contribution is 2.21. The van der Waals surface area contributed by atoms with Gasteiger partial charge in [0.1, 0.15) is 0 Å². The molecule has 0 amide bonds. The summed E-state index contributed by atoms with van der Waals surface area (Å²) < 4.78 is 5.52. The fourth-order valence-electron chi connectivity index (χ4n) is 1.67. The van der Waals surface area contributed by atoms with Gasteiger partial charge in [-0.05, 0) is 25.0 Å². The molecule has 18 heavy (non-hydrogen) atoms. The van der Waals surface area contributed by atoms with Gasteiger partial charge in [0, 0.05) is 18.4 Å². The lowest BCUT2D eigenvalue weighted by atomic mass is 10.1. The molecule has 1 heterocycles. The predicted molar refractivity (Wildman–Crippen MR) is 65.0 cm³/mol. The maximum atomic E-state index is 10.4. The first-order chi connectivity index (χ1) is 8.66. The van der Waals surface area contributed by atoms with Crippen LogP contribution in [0.2, 0.25) is 0 Å². The summed E-state index contributed by atoms with van der Waals surface area (Å²) in [4.78, 5) is 10.4. The van der Waals surface area contributed by atoms with E-state index in [0.29, 0.717) is 24.6 Å². The molecule has 2 rings (SSSR count). The van der Waals surface area contributed by atoms with E-state index in [1.54, 1.807) is 0 Å². The Bertz CT molecular complexity index is 549. The van der Waals surface area contributed by atoms with Crippen molar-refractivity contribution in [3.63, 3.8) is 0 Å². The summed E-state index contributed by atoms with van der Waals surface area (Å²) in [6, 6.07) is 7.76. The van der Waals surface area contributed by atoms with E-state index >= 15 is 0 Å². The lowest BCUT2D eigenvalue weighted by Gasteiger charge is -1.98. The molecule has 0 saturated heterocycles. The van der Waals surface area contributed by atoms with Crippen molar-refractivity contribution >= 4 is 5.97 Å². The molecule has 2 aromatic rings. The van der Waals surface area contributed by atoms with Crippen molar-refractivity contribution < 1.29 is 14.3 Å². The number of carboxylic acid groups (broad SMARTS) is 1. The largest absolute Gasteiger partial charge is 0.481 e. The Balaban J connectivity index is 2.06. The quantitative estimate of drug-likeness (QED) is 0.876.